The molecule has 0 fully saturated rings. The zero-order chi connectivity index (χ0) is 15.5. The highest BCUT2D eigenvalue weighted by Crippen LogP contribution is 2.26. The van der Waals surface area contributed by atoms with Crippen LogP contribution in [0.3, 0.4) is 0 Å². The maximum absolute atomic E-state index is 12.0. The molecule has 21 heavy (non-hydrogen) atoms. The molecule has 0 atom stereocenters. The molecular formula is C13H13F3N2O2S. The predicted molar refractivity (Wildman–Crippen MR) is 71.8 cm³/mol. The first kappa shape index (κ1) is 15.7. The SMILES string of the molecule is Cn1c(CO)cnc1SCc1ccc(OC(F)(F)F)cc1. The molecule has 0 radical (unpaired) electrons. The van der Waals surface area contributed by atoms with Gasteiger partial charge in [0.15, 0.2) is 5.16 Å². The average Bonchev–Trinajstić information content (AvgIpc) is 2.77. The topological polar surface area (TPSA) is 47.3 Å². The fourth-order valence-corrected chi connectivity index (χ4v) is 2.57. The van der Waals surface area contributed by atoms with Gasteiger partial charge in [-0.05, 0) is 17.7 Å². The Kier molecular flexibility index (Phi) is 4.79. The van der Waals surface area contributed by atoms with E-state index in [4.69, 9.17) is 5.11 Å². The molecule has 0 saturated heterocycles. The molecule has 0 unspecified atom stereocenters. The molecule has 1 N–H and O–H groups in total. The summed E-state index contributed by atoms with van der Waals surface area (Å²) in [4.78, 5) is 4.16. The lowest BCUT2D eigenvalue weighted by atomic mass is 10.2. The number of ether oxygens (including phenoxy) is 1. The van der Waals surface area contributed by atoms with Crippen LogP contribution in [0.2, 0.25) is 0 Å². The van der Waals surface area contributed by atoms with Gasteiger partial charge in [-0.15, -0.1) is 13.2 Å². The number of benzene rings is 1. The largest absolute Gasteiger partial charge is 0.573 e. The number of aromatic nitrogens is 2. The van der Waals surface area contributed by atoms with Gasteiger partial charge in [0.25, 0.3) is 0 Å². The summed E-state index contributed by atoms with van der Waals surface area (Å²) < 4.78 is 41.7. The Balaban J connectivity index is 1.96. The molecule has 1 aromatic carbocycles. The minimum Gasteiger partial charge on any atom is -0.406 e. The fourth-order valence-electron chi connectivity index (χ4n) is 1.64. The summed E-state index contributed by atoms with van der Waals surface area (Å²) in [6.45, 7) is -0.0897. The molecule has 0 aliphatic heterocycles. The van der Waals surface area contributed by atoms with Gasteiger partial charge in [0, 0.05) is 12.8 Å². The van der Waals surface area contributed by atoms with Gasteiger partial charge in [-0.3, -0.25) is 0 Å². The summed E-state index contributed by atoms with van der Waals surface area (Å²) in [6, 6.07) is 5.70. The van der Waals surface area contributed by atoms with Gasteiger partial charge < -0.3 is 14.4 Å². The van der Waals surface area contributed by atoms with Crippen LogP contribution >= 0.6 is 11.8 Å². The van der Waals surface area contributed by atoms with Crippen molar-refractivity contribution < 1.29 is 23.0 Å². The Morgan fingerprint density at radius 2 is 1.95 bits per heavy atom. The quantitative estimate of drug-likeness (QED) is 0.861. The van der Waals surface area contributed by atoms with Crippen molar-refractivity contribution in [1.29, 1.82) is 0 Å². The van der Waals surface area contributed by atoms with Gasteiger partial charge >= 0.3 is 6.36 Å². The molecule has 2 aromatic rings. The van der Waals surface area contributed by atoms with E-state index < -0.39 is 6.36 Å². The molecule has 4 nitrogen and oxygen atoms in total. The van der Waals surface area contributed by atoms with Crippen LogP contribution in [-0.2, 0) is 19.4 Å². The molecular weight excluding hydrogens is 305 g/mol. The van der Waals surface area contributed by atoms with Crippen LogP contribution in [-0.4, -0.2) is 21.0 Å². The Labute approximate surface area is 123 Å². The van der Waals surface area contributed by atoms with Crippen molar-refractivity contribution in [3.63, 3.8) is 0 Å². The lowest BCUT2D eigenvalue weighted by Gasteiger charge is -2.09. The summed E-state index contributed by atoms with van der Waals surface area (Å²) in [5.41, 5.74) is 1.55. The van der Waals surface area contributed by atoms with Gasteiger partial charge in [0.05, 0.1) is 18.5 Å². The van der Waals surface area contributed by atoms with E-state index in [-0.39, 0.29) is 12.4 Å². The lowest BCUT2D eigenvalue weighted by molar-refractivity contribution is -0.274. The van der Waals surface area contributed by atoms with Gasteiger partial charge in [-0.2, -0.15) is 0 Å². The monoisotopic (exact) mass is 318 g/mol. The Morgan fingerprint density at radius 1 is 1.29 bits per heavy atom. The highest BCUT2D eigenvalue weighted by molar-refractivity contribution is 7.98. The maximum Gasteiger partial charge on any atom is 0.573 e. The van der Waals surface area contributed by atoms with Gasteiger partial charge in [-0.25, -0.2) is 4.98 Å². The molecule has 0 aliphatic carbocycles. The molecule has 2 rings (SSSR count). The van der Waals surface area contributed by atoms with Crippen LogP contribution in [0.4, 0.5) is 13.2 Å². The van der Waals surface area contributed by atoms with E-state index >= 15 is 0 Å². The standard InChI is InChI=1S/C13H13F3N2O2S/c1-18-10(7-19)6-17-12(18)21-8-9-2-4-11(5-3-9)20-13(14,15)16/h2-6,19H,7-8H2,1H3. The van der Waals surface area contributed by atoms with E-state index in [9.17, 15) is 13.2 Å². The number of alkyl halides is 3. The Morgan fingerprint density at radius 3 is 2.48 bits per heavy atom. The van der Waals surface area contributed by atoms with Crippen LogP contribution in [0, 0.1) is 0 Å². The predicted octanol–water partition coefficient (Wildman–Crippen LogP) is 3.10. The van der Waals surface area contributed by atoms with Crippen molar-refractivity contribution in [1.82, 2.24) is 9.55 Å². The molecule has 0 saturated carbocycles. The molecule has 8 heteroatoms. The van der Waals surface area contributed by atoms with Gasteiger partial charge in [0.2, 0.25) is 0 Å². The molecule has 0 bridgehead atoms. The summed E-state index contributed by atoms with van der Waals surface area (Å²) in [7, 11) is 1.79. The van der Waals surface area contributed by atoms with Crippen molar-refractivity contribution in [3.05, 3.63) is 41.7 Å². The summed E-state index contributed by atoms with van der Waals surface area (Å²) >= 11 is 1.43. The summed E-state index contributed by atoms with van der Waals surface area (Å²) in [5.74, 6) is 0.318. The highest BCUT2D eigenvalue weighted by atomic mass is 32.2. The van der Waals surface area contributed by atoms with E-state index in [1.54, 1.807) is 29.9 Å². The molecule has 0 amide bonds. The molecule has 0 aliphatic rings. The van der Waals surface area contributed by atoms with Crippen LogP contribution in [0.5, 0.6) is 5.75 Å². The van der Waals surface area contributed by atoms with Crippen LogP contribution in [0.1, 0.15) is 11.3 Å². The maximum atomic E-state index is 12.0. The number of hydrogen-bond donors (Lipinski definition) is 1. The number of aliphatic hydroxyl groups excluding tert-OH is 1. The number of rotatable bonds is 5. The Bertz CT molecular complexity index is 596. The van der Waals surface area contributed by atoms with Crippen molar-refractivity contribution >= 4 is 11.8 Å². The molecule has 1 heterocycles. The molecule has 0 spiro atoms. The number of imidazole rings is 1. The minimum atomic E-state index is -4.68. The first-order chi connectivity index (χ1) is 9.89. The minimum absolute atomic E-state index is 0.0897. The number of aliphatic hydroxyl groups is 1. The van der Waals surface area contributed by atoms with Crippen molar-refractivity contribution in [3.8, 4) is 5.75 Å². The Hall–Kier alpha value is -1.67. The lowest BCUT2D eigenvalue weighted by Crippen LogP contribution is -2.16. The summed E-state index contributed by atoms with van der Waals surface area (Å²) in [6.07, 6.45) is -3.09. The average molecular weight is 318 g/mol. The third-order valence-electron chi connectivity index (χ3n) is 2.73. The molecule has 114 valence electrons. The van der Waals surface area contributed by atoms with Gasteiger partial charge in [0.1, 0.15) is 5.75 Å². The smallest absolute Gasteiger partial charge is 0.406 e. The van der Waals surface area contributed by atoms with E-state index in [0.29, 0.717) is 11.4 Å². The van der Waals surface area contributed by atoms with Crippen LogP contribution in [0.15, 0.2) is 35.6 Å². The molecule has 1 aromatic heterocycles. The van der Waals surface area contributed by atoms with E-state index in [1.807, 2.05) is 0 Å². The number of thioether (sulfide) groups is 1. The van der Waals surface area contributed by atoms with Crippen molar-refractivity contribution in [2.75, 3.05) is 0 Å². The normalized spacial score (nSPS) is 11.7. The number of halogens is 3. The van der Waals surface area contributed by atoms with Crippen molar-refractivity contribution in [2.24, 2.45) is 7.05 Å². The van der Waals surface area contributed by atoms with Crippen LogP contribution in [0.25, 0.3) is 0 Å². The van der Waals surface area contributed by atoms with E-state index in [1.165, 1.54) is 23.9 Å². The number of nitrogens with zero attached hydrogens (tertiary/aromatic N) is 2. The number of hydrogen-bond acceptors (Lipinski definition) is 4. The highest BCUT2D eigenvalue weighted by Gasteiger charge is 2.30. The van der Waals surface area contributed by atoms with E-state index in [2.05, 4.69) is 9.72 Å². The zero-order valence-corrected chi connectivity index (χ0v) is 11.9. The second-order valence-electron chi connectivity index (χ2n) is 4.23. The zero-order valence-electron chi connectivity index (χ0n) is 11.1. The fraction of sp³-hybridized carbons (Fsp3) is 0.308. The third-order valence-corrected chi connectivity index (χ3v) is 3.84. The first-order valence-electron chi connectivity index (χ1n) is 5.98. The third kappa shape index (κ3) is 4.40. The second-order valence-corrected chi connectivity index (χ2v) is 5.17. The van der Waals surface area contributed by atoms with Crippen molar-refractivity contribution in [2.45, 2.75) is 23.9 Å². The van der Waals surface area contributed by atoms with Gasteiger partial charge in [-0.1, -0.05) is 23.9 Å². The second kappa shape index (κ2) is 6.40. The first-order valence-corrected chi connectivity index (χ1v) is 6.96. The van der Waals surface area contributed by atoms with E-state index in [0.717, 1.165) is 10.7 Å². The summed E-state index contributed by atoms with van der Waals surface area (Å²) in [5, 5.41) is 9.80. The van der Waals surface area contributed by atoms with Crippen LogP contribution < -0.4 is 4.74 Å².